The lowest BCUT2D eigenvalue weighted by Gasteiger charge is -2.36. The van der Waals surface area contributed by atoms with Crippen molar-refractivity contribution in [3.8, 4) is 5.75 Å². The maximum atomic E-state index is 13.1. The third-order valence-electron chi connectivity index (χ3n) is 5.59. The number of hydrogen-bond acceptors (Lipinski definition) is 4. The number of thiophene rings is 1. The number of benzene rings is 1. The topological polar surface area (TPSA) is 58.6 Å². The van der Waals surface area contributed by atoms with Gasteiger partial charge < -0.3 is 15.2 Å². The van der Waals surface area contributed by atoms with Crippen LogP contribution in [0.5, 0.6) is 5.75 Å². The summed E-state index contributed by atoms with van der Waals surface area (Å²) < 4.78 is 5.63. The van der Waals surface area contributed by atoms with Crippen molar-refractivity contribution >= 4 is 17.2 Å². The minimum atomic E-state index is -1.07. The molecule has 0 radical (unpaired) electrons. The van der Waals surface area contributed by atoms with Crippen molar-refractivity contribution in [3.63, 3.8) is 0 Å². The summed E-state index contributed by atoms with van der Waals surface area (Å²) in [5.74, 6) is 0.754. The predicted octanol–water partition coefficient (Wildman–Crippen LogP) is 3.35. The van der Waals surface area contributed by atoms with Crippen LogP contribution < -0.4 is 10.1 Å². The summed E-state index contributed by atoms with van der Waals surface area (Å²) in [6.45, 7) is 0.679. The van der Waals surface area contributed by atoms with E-state index in [1.165, 1.54) is 0 Å². The highest BCUT2D eigenvalue weighted by atomic mass is 32.1. The zero-order valence-corrected chi connectivity index (χ0v) is 15.0. The SMILES string of the molecule is O=C(NCC1(O)CCOc2ccccc21)C1(c2cccs2)CCCC1. The number of ether oxygens (including phenoxy) is 1. The van der Waals surface area contributed by atoms with Crippen LogP contribution in [0.3, 0.4) is 0 Å². The van der Waals surface area contributed by atoms with E-state index in [0.717, 1.165) is 36.1 Å². The average Bonchev–Trinajstić information content (AvgIpc) is 3.32. The van der Waals surface area contributed by atoms with E-state index in [4.69, 9.17) is 4.74 Å². The first kappa shape index (κ1) is 16.6. The molecule has 0 bridgehead atoms. The van der Waals surface area contributed by atoms with Crippen molar-refractivity contribution in [2.24, 2.45) is 0 Å². The summed E-state index contributed by atoms with van der Waals surface area (Å²) in [4.78, 5) is 14.3. The molecule has 2 aliphatic rings. The Hall–Kier alpha value is -1.85. The Bertz CT molecular complexity index is 752. The van der Waals surface area contributed by atoms with Gasteiger partial charge in [-0.05, 0) is 30.4 Å². The number of aliphatic hydroxyl groups is 1. The zero-order chi connectivity index (χ0) is 17.3. The summed E-state index contributed by atoms with van der Waals surface area (Å²) in [6, 6.07) is 11.6. The minimum absolute atomic E-state index is 0.0462. The molecule has 1 atom stereocenters. The lowest BCUT2D eigenvalue weighted by molar-refractivity contribution is -0.128. The van der Waals surface area contributed by atoms with E-state index in [0.29, 0.717) is 18.8 Å². The fourth-order valence-corrected chi connectivity index (χ4v) is 5.12. The molecule has 1 amide bonds. The summed E-state index contributed by atoms with van der Waals surface area (Å²) in [6.07, 6.45) is 4.41. The van der Waals surface area contributed by atoms with E-state index in [1.807, 2.05) is 35.7 Å². The third kappa shape index (κ3) is 2.85. The van der Waals surface area contributed by atoms with Crippen molar-refractivity contribution in [1.82, 2.24) is 5.32 Å². The number of amides is 1. The van der Waals surface area contributed by atoms with E-state index in [-0.39, 0.29) is 12.5 Å². The van der Waals surface area contributed by atoms with Gasteiger partial charge in [0.05, 0.1) is 18.6 Å². The Kier molecular flexibility index (Phi) is 4.29. The Balaban J connectivity index is 1.54. The van der Waals surface area contributed by atoms with Gasteiger partial charge in [0.25, 0.3) is 0 Å². The smallest absolute Gasteiger partial charge is 0.231 e. The van der Waals surface area contributed by atoms with Gasteiger partial charge in [0.15, 0.2) is 0 Å². The normalized spacial score (nSPS) is 24.4. The fraction of sp³-hybridized carbons (Fsp3) is 0.450. The Labute approximate surface area is 151 Å². The molecule has 0 saturated heterocycles. The summed E-state index contributed by atoms with van der Waals surface area (Å²) >= 11 is 1.65. The number of para-hydroxylation sites is 1. The molecule has 2 heterocycles. The molecule has 1 unspecified atom stereocenters. The Morgan fingerprint density at radius 2 is 1.96 bits per heavy atom. The first-order valence-electron chi connectivity index (χ1n) is 8.91. The van der Waals surface area contributed by atoms with Gasteiger partial charge >= 0.3 is 0 Å². The van der Waals surface area contributed by atoms with Gasteiger partial charge in [0, 0.05) is 16.9 Å². The minimum Gasteiger partial charge on any atom is -0.493 e. The zero-order valence-electron chi connectivity index (χ0n) is 14.2. The van der Waals surface area contributed by atoms with Gasteiger partial charge in [-0.15, -0.1) is 11.3 Å². The van der Waals surface area contributed by atoms with Gasteiger partial charge in [0.1, 0.15) is 11.4 Å². The highest BCUT2D eigenvalue weighted by Gasteiger charge is 2.45. The number of rotatable bonds is 4. The van der Waals surface area contributed by atoms with E-state index in [2.05, 4.69) is 11.4 Å². The molecule has 5 heteroatoms. The maximum Gasteiger partial charge on any atom is 0.231 e. The molecule has 4 nitrogen and oxygen atoms in total. The van der Waals surface area contributed by atoms with Crippen molar-refractivity contribution in [1.29, 1.82) is 0 Å². The Morgan fingerprint density at radius 3 is 2.72 bits per heavy atom. The molecular formula is C20H23NO3S. The lowest BCUT2D eigenvalue weighted by atomic mass is 9.82. The van der Waals surface area contributed by atoms with Gasteiger partial charge in [-0.25, -0.2) is 0 Å². The summed E-state index contributed by atoms with van der Waals surface area (Å²) in [5, 5.41) is 16.2. The van der Waals surface area contributed by atoms with Crippen LogP contribution >= 0.6 is 11.3 Å². The lowest BCUT2D eigenvalue weighted by Crippen LogP contribution is -2.49. The van der Waals surface area contributed by atoms with E-state index >= 15 is 0 Å². The van der Waals surface area contributed by atoms with Crippen LogP contribution in [0.2, 0.25) is 0 Å². The highest BCUT2D eigenvalue weighted by Crippen LogP contribution is 2.44. The predicted molar refractivity (Wildman–Crippen MR) is 97.9 cm³/mol. The monoisotopic (exact) mass is 357 g/mol. The first-order valence-corrected chi connectivity index (χ1v) is 9.79. The van der Waals surface area contributed by atoms with Crippen molar-refractivity contribution in [2.45, 2.75) is 43.1 Å². The molecule has 1 aromatic heterocycles. The van der Waals surface area contributed by atoms with Gasteiger partial charge in [0.2, 0.25) is 5.91 Å². The maximum absolute atomic E-state index is 13.1. The number of carbonyl (C=O) groups is 1. The molecule has 0 spiro atoms. The molecular weight excluding hydrogens is 334 g/mol. The number of nitrogens with one attached hydrogen (secondary N) is 1. The van der Waals surface area contributed by atoms with Gasteiger partial charge in [-0.2, -0.15) is 0 Å². The van der Waals surface area contributed by atoms with Crippen LogP contribution in [0.1, 0.15) is 42.5 Å². The average molecular weight is 357 g/mol. The molecule has 1 aliphatic heterocycles. The summed E-state index contributed by atoms with van der Waals surface area (Å²) in [5.41, 5.74) is -0.729. The van der Waals surface area contributed by atoms with Crippen LogP contribution in [0.25, 0.3) is 0 Å². The molecule has 2 aromatic rings. The van der Waals surface area contributed by atoms with Crippen LogP contribution in [0.15, 0.2) is 41.8 Å². The molecule has 1 aliphatic carbocycles. The van der Waals surface area contributed by atoms with Crippen LogP contribution in [0, 0.1) is 0 Å². The largest absolute Gasteiger partial charge is 0.493 e. The molecule has 132 valence electrons. The molecule has 2 N–H and O–H groups in total. The molecule has 1 aromatic carbocycles. The Morgan fingerprint density at radius 1 is 1.16 bits per heavy atom. The highest BCUT2D eigenvalue weighted by molar-refractivity contribution is 7.10. The van der Waals surface area contributed by atoms with E-state index in [9.17, 15) is 9.90 Å². The molecule has 1 fully saturated rings. The fourth-order valence-electron chi connectivity index (χ4n) is 4.14. The van der Waals surface area contributed by atoms with Crippen LogP contribution in [-0.2, 0) is 15.8 Å². The number of carbonyl (C=O) groups excluding carboxylic acids is 1. The van der Waals surface area contributed by atoms with Crippen molar-refractivity contribution in [3.05, 3.63) is 52.2 Å². The second-order valence-electron chi connectivity index (χ2n) is 7.08. The van der Waals surface area contributed by atoms with Crippen LogP contribution in [-0.4, -0.2) is 24.2 Å². The van der Waals surface area contributed by atoms with Gasteiger partial charge in [-0.1, -0.05) is 37.1 Å². The first-order chi connectivity index (χ1) is 12.1. The van der Waals surface area contributed by atoms with E-state index in [1.54, 1.807) is 11.3 Å². The third-order valence-corrected chi connectivity index (χ3v) is 6.66. The summed E-state index contributed by atoms with van der Waals surface area (Å²) in [7, 11) is 0. The van der Waals surface area contributed by atoms with Gasteiger partial charge in [-0.3, -0.25) is 4.79 Å². The number of fused-ring (bicyclic) bond motifs is 1. The molecule has 1 saturated carbocycles. The van der Waals surface area contributed by atoms with Crippen molar-refractivity contribution < 1.29 is 14.6 Å². The second kappa shape index (κ2) is 6.46. The number of hydrogen-bond donors (Lipinski definition) is 2. The van der Waals surface area contributed by atoms with E-state index < -0.39 is 11.0 Å². The molecule has 4 rings (SSSR count). The van der Waals surface area contributed by atoms with Crippen LogP contribution in [0.4, 0.5) is 0 Å². The standard InChI is InChI=1S/C20H23NO3S/c22-18(19(9-3-4-10-19)17-8-5-13-25-17)21-14-20(23)11-12-24-16-7-2-1-6-15(16)20/h1-2,5-8,13,23H,3-4,9-12,14H2,(H,21,22). The van der Waals surface area contributed by atoms with Crippen molar-refractivity contribution in [2.75, 3.05) is 13.2 Å². The quantitative estimate of drug-likeness (QED) is 0.882. The molecule has 25 heavy (non-hydrogen) atoms. The second-order valence-corrected chi connectivity index (χ2v) is 8.02.